The summed E-state index contributed by atoms with van der Waals surface area (Å²) in [5, 5.41) is 3.80. The molecule has 0 saturated carbocycles. The van der Waals surface area contributed by atoms with Gasteiger partial charge in [-0.1, -0.05) is 17.7 Å². The molecular weight excluding hydrogens is 224 g/mol. The van der Waals surface area contributed by atoms with Gasteiger partial charge in [0.2, 0.25) is 0 Å². The molecule has 1 aliphatic heterocycles. The smallest absolute Gasteiger partial charge is 0.254 e. The molecule has 1 aromatic rings. The van der Waals surface area contributed by atoms with Crippen molar-refractivity contribution < 1.29 is 4.79 Å². The highest BCUT2D eigenvalue weighted by molar-refractivity contribution is 6.31. The molecule has 3 nitrogen and oxygen atoms in total. The zero-order chi connectivity index (χ0) is 11.7. The Morgan fingerprint density at radius 3 is 2.75 bits per heavy atom. The van der Waals surface area contributed by atoms with Crippen molar-refractivity contribution in [3.8, 4) is 0 Å². The maximum absolute atomic E-state index is 12.2. The summed E-state index contributed by atoms with van der Waals surface area (Å²) < 4.78 is 0. The van der Waals surface area contributed by atoms with Gasteiger partial charge in [-0.05, 0) is 24.6 Å². The summed E-state index contributed by atoms with van der Waals surface area (Å²) in [6.45, 7) is 3.63. The minimum atomic E-state index is 0.0477. The summed E-state index contributed by atoms with van der Waals surface area (Å²) in [5.74, 6) is 0.0477. The SMILES string of the molecule is Cc1c(Cl)cccc1C(=O)N(C)C1CNC1. The summed E-state index contributed by atoms with van der Waals surface area (Å²) in [7, 11) is 1.84. The highest BCUT2D eigenvalue weighted by Gasteiger charge is 2.26. The van der Waals surface area contributed by atoms with E-state index in [4.69, 9.17) is 11.6 Å². The fourth-order valence-electron chi connectivity index (χ4n) is 1.74. The quantitative estimate of drug-likeness (QED) is 0.851. The van der Waals surface area contributed by atoms with Gasteiger partial charge in [-0.15, -0.1) is 0 Å². The van der Waals surface area contributed by atoms with Gasteiger partial charge in [0.15, 0.2) is 0 Å². The predicted octanol–water partition coefficient (Wildman–Crippen LogP) is 1.69. The second-order valence-corrected chi connectivity index (χ2v) is 4.55. The fourth-order valence-corrected chi connectivity index (χ4v) is 1.92. The molecule has 1 amide bonds. The first-order valence-electron chi connectivity index (χ1n) is 5.34. The Bertz CT molecular complexity index is 415. The van der Waals surface area contributed by atoms with Crippen molar-refractivity contribution in [1.82, 2.24) is 10.2 Å². The zero-order valence-electron chi connectivity index (χ0n) is 9.46. The van der Waals surface area contributed by atoms with Gasteiger partial charge in [-0.2, -0.15) is 0 Å². The molecule has 1 N–H and O–H groups in total. The Kier molecular flexibility index (Phi) is 3.17. The number of halogens is 1. The van der Waals surface area contributed by atoms with E-state index in [1.165, 1.54) is 0 Å². The van der Waals surface area contributed by atoms with Crippen molar-refractivity contribution in [2.75, 3.05) is 20.1 Å². The molecule has 86 valence electrons. The lowest BCUT2D eigenvalue weighted by atomic mass is 10.1. The van der Waals surface area contributed by atoms with Crippen molar-refractivity contribution >= 4 is 17.5 Å². The first kappa shape index (κ1) is 11.4. The molecule has 0 aliphatic carbocycles. The van der Waals surface area contributed by atoms with Gasteiger partial charge in [-0.25, -0.2) is 0 Å². The molecule has 0 bridgehead atoms. The van der Waals surface area contributed by atoms with Crippen LogP contribution in [0.4, 0.5) is 0 Å². The fraction of sp³-hybridized carbons (Fsp3) is 0.417. The minimum absolute atomic E-state index is 0.0477. The monoisotopic (exact) mass is 238 g/mol. The van der Waals surface area contributed by atoms with Crippen molar-refractivity contribution in [2.45, 2.75) is 13.0 Å². The normalized spacial score (nSPS) is 15.7. The number of amides is 1. The molecule has 0 unspecified atom stereocenters. The van der Waals surface area contributed by atoms with E-state index < -0.39 is 0 Å². The molecule has 1 fully saturated rings. The Balaban J connectivity index is 2.22. The lowest BCUT2D eigenvalue weighted by Crippen LogP contribution is -2.57. The number of nitrogens with one attached hydrogen (secondary N) is 1. The van der Waals surface area contributed by atoms with Crippen LogP contribution in [0.2, 0.25) is 5.02 Å². The molecule has 1 aromatic carbocycles. The van der Waals surface area contributed by atoms with Crippen LogP contribution in [0.15, 0.2) is 18.2 Å². The van der Waals surface area contributed by atoms with E-state index in [0.717, 1.165) is 18.7 Å². The van der Waals surface area contributed by atoms with Gasteiger partial charge in [0, 0.05) is 30.7 Å². The molecular formula is C12H15ClN2O. The summed E-state index contributed by atoms with van der Waals surface area (Å²) in [6.07, 6.45) is 0. The number of hydrogen-bond donors (Lipinski definition) is 1. The van der Waals surface area contributed by atoms with Crippen LogP contribution in [-0.4, -0.2) is 37.0 Å². The third-order valence-corrected chi connectivity index (χ3v) is 3.54. The average Bonchev–Trinajstić information content (AvgIpc) is 2.18. The summed E-state index contributed by atoms with van der Waals surface area (Å²) in [5.41, 5.74) is 1.55. The molecule has 0 aromatic heterocycles. The van der Waals surface area contributed by atoms with E-state index in [9.17, 15) is 4.79 Å². The number of hydrogen-bond acceptors (Lipinski definition) is 2. The van der Waals surface area contributed by atoms with Crippen molar-refractivity contribution in [3.63, 3.8) is 0 Å². The van der Waals surface area contributed by atoms with Gasteiger partial charge < -0.3 is 10.2 Å². The van der Waals surface area contributed by atoms with Crippen LogP contribution in [0.25, 0.3) is 0 Å². The van der Waals surface area contributed by atoms with Crippen LogP contribution in [0.3, 0.4) is 0 Å². The Labute approximate surface area is 100 Å². The van der Waals surface area contributed by atoms with E-state index in [2.05, 4.69) is 5.32 Å². The lowest BCUT2D eigenvalue weighted by molar-refractivity contribution is 0.0680. The summed E-state index contributed by atoms with van der Waals surface area (Å²) in [6, 6.07) is 5.76. The van der Waals surface area contributed by atoms with Crippen molar-refractivity contribution in [3.05, 3.63) is 34.3 Å². The number of nitrogens with zero attached hydrogens (tertiary/aromatic N) is 1. The van der Waals surface area contributed by atoms with Gasteiger partial charge in [0.05, 0.1) is 6.04 Å². The van der Waals surface area contributed by atoms with Gasteiger partial charge in [0.1, 0.15) is 0 Å². The van der Waals surface area contributed by atoms with Gasteiger partial charge in [-0.3, -0.25) is 4.79 Å². The zero-order valence-corrected chi connectivity index (χ0v) is 10.2. The standard InChI is InChI=1S/C12H15ClN2O/c1-8-10(4-3-5-11(8)13)12(16)15(2)9-6-14-7-9/h3-5,9,14H,6-7H2,1-2H3. The van der Waals surface area contributed by atoms with E-state index in [1.807, 2.05) is 26.1 Å². The van der Waals surface area contributed by atoms with E-state index >= 15 is 0 Å². The van der Waals surface area contributed by atoms with Gasteiger partial charge >= 0.3 is 0 Å². The molecule has 1 heterocycles. The molecule has 1 aliphatic rings. The van der Waals surface area contributed by atoms with Crippen LogP contribution in [-0.2, 0) is 0 Å². The summed E-state index contributed by atoms with van der Waals surface area (Å²) in [4.78, 5) is 14.0. The van der Waals surface area contributed by atoms with Gasteiger partial charge in [0.25, 0.3) is 5.91 Å². The molecule has 1 saturated heterocycles. The number of benzene rings is 1. The third kappa shape index (κ3) is 1.93. The Morgan fingerprint density at radius 1 is 1.50 bits per heavy atom. The number of carbonyl (C=O) groups is 1. The maximum Gasteiger partial charge on any atom is 0.254 e. The van der Waals surface area contributed by atoms with E-state index in [-0.39, 0.29) is 5.91 Å². The van der Waals surface area contributed by atoms with Crippen molar-refractivity contribution in [1.29, 1.82) is 0 Å². The number of likely N-dealkylation sites (N-methyl/N-ethyl adjacent to an activating group) is 1. The number of carbonyl (C=O) groups excluding carboxylic acids is 1. The molecule has 0 atom stereocenters. The molecule has 2 rings (SSSR count). The average molecular weight is 239 g/mol. The maximum atomic E-state index is 12.2. The Hall–Kier alpha value is -1.06. The molecule has 16 heavy (non-hydrogen) atoms. The first-order chi connectivity index (χ1) is 7.61. The van der Waals surface area contributed by atoms with E-state index in [1.54, 1.807) is 11.0 Å². The minimum Gasteiger partial charge on any atom is -0.336 e. The summed E-state index contributed by atoms with van der Waals surface area (Å²) >= 11 is 6.01. The van der Waals surface area contributed by atoms with Crippen LogP contribution in [0, 0.1) is 6.92 Å². The second-order valence-electron chi connectivity index (χ2n) is 4.14. The highest BCUT2D eigenvalue weighted by atomic mass is 35.5. The number of rotatable bonds is 2. The van der Waals surface area contributed by atoms with E-state index in [0.29, 0.717) is 16.6 Å². The lowest BCUT2D eigenvalue weighted by Gasteiger charge is -2.35. The Morgan fingerprint density at radius 2 is 2.19 bits per heavy atom. The van der Waals surface area contributed by atoms with Crippen molar-refractivity contribution in [2.24, 2.45) is 0 Å². The first-order valence-corrected chi connectivity index (χ1v) is 5.72. The largest absolute Gasteiger partial charge is 0.336 e. The third-order valence-electron chi connectivity index (χ3n) is 3.13. The van der Waals surface area contributed by atoms with Crippen LogP contribution < -0.4 is 5.32 Å². The van der Waals surface area contributed by atoms with Crippen LogP contribution in [0.5, 0.6) is 0 Å². The topological polar surface area (TPSA) is 32.3 Å². The van der Waals surface area contributed by atoms with Crippen LogP contribution in [0.1, 0.15) is 15.9 Å². The molecule has 4 heteroatoms. The predicted molar refractivity (Wildman–Crippen MR) is 64.9 cm³/mol. The van der Waals surface area contributed by atoms with Crippen LogP contribution >= 0.6 is 11.6 Å². The molecule has 0 radical (unpaired) electrons. The highest BCUT2D eigenvalue weighted by Crippen LogP contribution is 2.20. The second kappa shape index (κ2) is 4.44. The molecule has 0 spiro atoms.